The van der Waals surface area contributed by atoms with Gasteiger partial charge in [0.1, 0.15) is 0 Å². The zero-order valence-electron chi connectivity index (χ0n) is 9.23. The zero-order valence-corrected chi connectivity index (χ0v) is 9.23. The van der Waals surface area contributed by atoms with Gasteiger partial charge in [0.25, 0.3) is 0 Å². The first kappa shape index (κ1) is 12.4. The highest BCUT2D eigenvalue weighted by Crippen LogP contribution is 1.98. The van der Waals surface area contributed by atoms with Crippen LogP contribution in [-0.4, -0.2) is 34.6 Å². The normalized spacial score (nSPS) is 10.1. The summed E-state index contributed by atoms with van der Waals surface area (Å²) >= 11 is 0. The van der Waals surface area contributed by atoms with E-state index in [-0.39, 0.29) is 6.42 Å². The number of hydrogen-bond donors (Lipinski definition) is 3. The van der Waals surface area contributed by atoms with E-state index in [0.29, 0.717) is 25.5 Å². The molecule has 0 bridgehead atoms. The van der Waals surface area contributed by atoms with Gasteiger partial charge in [0.05, 0.1) is 0 Å². The molecule has 0 amide bonds. The van der Waals surface area contributed by atoms with Crippen LogP contribution in [0.1, 0.15) is 18.4 Å². The minimum absolute atomic E-state index is 0.197. The Balaban J connectivity index is 2.19. The van der Waals surface area contributed by atoms with Crippen molar-refractivity contribution in [3.8, 4) is 0 Å². The molecule has 0 aliphatic carbocycles. The second-order valence-corrected chi connectivity index (χ2v) is 3.34. The maximum Gasteiger partial charge on any atom is 0.303 e. The molecule has 6 heteroatoms. The molecule has 0 fully saturated rings. The smallest absolute Gasteiger partial charge is 0.303 e. The predicted molar refractivity (Wildman–Crippen MR) is 60.2 cm³/mol. The standard InChI is InChI=1S/C10H16N4O2/c1-11-10-13-6-8(7-14-10)5-12-4-2-3-9(15)16/h6-7,12H,2-5H2,1H3,(H,15,16)(H,11,13,14). The Morgan fingerprint density at radius 3 is 2.69 bits per heavy atom. The minimum Gasteiger partial charge on any atom is -0.481 e. The maximum absolute atomic E-state index is 10.2. The van der Waals surface area contributed by atoms with Crippen LogP contribution in [0.5, 0.6) is 0 Å². The lowest BCUT2D eigenvalue weighted by atomic mass is 10.3. The lowest BCUT2D eigenvalue weighted by Gasteiger charge is -2.04. The average molecular weight is 224 g/mol. The molecule has 0 atom stereocenters. The summed E-state index contributed by atoms with van der Waals surface area (Å²) in [5.74, 6) is -0.168. The third kappa shape index (κ3) is 4.70. The van der Waals surface area contributed by atoms with Gasteiger partial charge < -0.3 is 15.7 Å². The fraction of sp³-hybridized carbons (Fsp3) is 0.500. The largest absolute Gasteiger partial charge is 0.481 e. The molecule has 6 nitrogen and oxygen atoms in total. The molecule has 1 rings (SSSR count). The van der Waals surface area contributed by atoms with Crippen LogP contribution in [0.4, 0.5) is 5.95 Å². The van der Waals surface area contributed by atoms with Crippen LogP contribution in [-0.2, 0) is 11.3 Å². The third-order valence-electron chi connectivity index (χ3n) is 2.00. The Morgan fingerprint density at radius 1 is 1.44 bits per heavy atom. The summed E-state index contributed by atoms with van der Waals surface area (Å²) in [6, 6.07) is 0. The van der Waals surface area contributed by atoms with E-state index < -0.39 is 5.97 Å². The first-order valence-corrected chi connectivity index (χ1v) is 5.13. The predicted octanol–water partition coefficient (Wildman–Crippen LogP) is 0.473. The molecule has 0 aromatic carbocycles. The SMILES string of the molecule is CNc1ncc(CNCCCC(=O)O)cn1. The zero-order chi connectivity index (χ0) is 11.8. The molecule has 0 radical (unpaired) electrons. The minimum atomic E-state index is -0.761. The highest BCUT2D eigenvalue weighted by molar-refractivity contribution is 5.66. The second-order valence-electron chi connectivity index (χ2n) is 3.34. The number of rotatable bonds is 7. The lowest BCUT2D eigenvalue weighted by molar-refractivity contribution is -0.137. The van der Waals surface area contributed by atoms with Gasteiger partial charge in [0, 0.05) is 38.0 Å². The van der Waals surface area contributed by atoms with Gasteiger partial charge in [-0.2, -0.15) is 0 Å². The van der Waals surface area contributed by atoms with Crippen LogP contribution in [0.3, 0.4) is 0 Å². The summed E-state index contributed by atoms with van der Waals surface area (Å²) < 4.78 is 0. The quantitative estimate of drug-likeness (QED) is 0.584. The number of nitrogens with one attached hydrogen (secondary N) is 2. The average Bonchev–Trinajstić information content (AvgIpc) is 2.29. The molecule has 16 heavy (non-hydrogen) atoms. The Morgan fingerprint density at radius 2 is 2.12 bits per heavy atom. The number of aliphatic carboxylic acids is 1. The Labute approximate surface area is 94.1 Å². The van der Waals surface area contributed by atoms with Crippen molar-refractivity contribution in [1.82, 2.24) is 15.3 Å². The topological polar surface area (TPSA) is 87.1 Å². The van der Waals surface area contributed by atoms with Gasteiger partial charge in [-0.05, 0) is 13.0 Å². The van der Waals surface area contributed by atoms with E-state index in [9.17, 15) is 4.79 Å². The van der Waals surface area contributed by atoms with Crippen molar-refractivity contribution in [3.63, 3.8) is 0 Å². The summed E-state index contributed by atoms with van der Waals surface area (Å²) in [4.78, 5) is 18.4. The van der Waals surface area contributed by atoms with E-state index >= 15 is 0 Å². The van der Waals surface area contributed by atoms with Crippen LogP contribution in [0.25, 0.3) is 0 Å². The second kappa shape index (κ2) is 6.73. The van der Waals surface area contributed by atoms with Crippen molar-refractivity contribution in [2.45, 2.75) is 19.4 Å². The van der Waals surface area contributed by atoms with E-state index in [1.165, 1.54) is 0 Å². The van der Waals surface area contributed by atoms with Crippen LogP contribution in [0.2, 0.25) is 0 Å². The van der Waals surface area contributed by atoms with Crippen molar-refractivity contribution in [2.24, 2.45) is 0 Å². The molecule has 1 aromatic heterocycles. The highest BCUT2D eigenvalue weighted by Gasteiger charge is 1.97. The summed E-state index contributed by atoms with van der Waals surface area (Å²) in [5, 5.41) is 14.4. The molecule has 0 spiro atoms. The highest BCUT2D eigenvalue weighted by atomic mass is 16.4. The van der Waals surface area contributed by atoms with Gasteiger partial charge in [-0.3, -0.25) is 4.79 Å². The molecule has 1 heterocycles. The molecular weight excluding hydrogens is 208 g/mol. The van der Waals surface area contributed by atoms with Gasteiger partial charge in [-0.15, -0.1) is 0 Å². The number of carboxylic acid groups (broad SMARTS) is 1. The van der Waals surface area contributed by atoms with Gasteiger partial charge in [0.15, 0.2) is 0 Å². The van der Waals surface area contributed by atoms with Crippen LogP contribution < -0.4 is 10.6 Å². The van der Waals surface area contributed by atoms with E-state index in [4.69, 9.17) is 5.11 Å². The van der Waals surface area contributed by atoms with E-state index in [1.807, 2.05) is 0 Å². The Kier molecular flexibility index (Phi) is 5.21. The Hall–Kier alpha value is -1.69. The van der Waals surface area contributed by atoms with Crippen LogP contribution >= 0.6 is 0 Å². The fourth-order valence-corrected chi connectivity index (χ4v) is 1.17. The number of nitrogens with zero attached hydrogens (tertiary/aromatic N) is 2. The number of carbonyl (C=O) groups is 1. The summed E-state index contributed by atoms with van der Waals surface area (Å²) in [5.41, 5.74) is 0.981. The van der Waals surface area contributed by atoms with Crippen molar-refractivity contribution >= 4 is 11.9 Å². The van der Waals surface area contributed by atoms with Gasteiger partial charge in [-0.25, -0.2) is 9.97 Å². The molecule has 0 aliphatic heterocycles. The third-order valence-corrected chi connectivity index (χ3v) is 2.00. The van der Waals surface area contributed by atoms with Crippen molar-refractivity contribution in [3.05, 3.63) is 18.0 Å². The molecule has 0 aliphatic rings. The molecular formula is C10H16N4O2. The first-order chi connectivity index (χ1) is 7.72. The van der Waals surface area contributed by atoms with Crippen molar-refractivity contribution in [2.75, 3.05) is 18.9 Å². The molecule has 1 aromatic rings. The Bertz CT molecular complexity index is 326. The monoisotopic (exact) mass is 224 g/mol. The molecule has 3 N–H and O–H groups in total. The van der Waals surface area contributed by atoms with E-state index in [1.54, 1.807) is 19.4 Å². The number of aromatic nitrogens is 2. The van der Waals surface area contributed by atoms with Crippen LogP contribution in [0.15, 0.2) is 12.4 Å². The van der Waals surface area contributed by atoms with Gasteiger partial charge in [0.2, 0.25) is 5.95 Å². The summed E-state index contributed by atoms with van der Waals surface area (Å²) in [6.07, 6.45) is 4.30. The number of hydrogen-bond acceptors (Lipinski definition) is 5. The molecule has 0 unspecified atom stereocenters. The lowest BCUT2D eigenvalue weighted by Crippen LogP contribution is -2.16. The van der Waals surface area contributed by atoms with Gasteiger partial charge in [-0.1, -0.05) is 0 Å². The summed E-state index contributed by atoms with van der Waals surface area (Å²) in [6.45, 7) is 1.34. The molecule has 0 saturated heterocycles. The number of carboxylic acids is 1. The van der Waals surface area contributed by atoms with E-state index in [0.717, 1.165) is 5.56 Å². The van der Waals surface area contributed by atoms with Crippen LogP contribution in [0, 0.1) is 0 Å². The fourth-order valence-electron chi connectivity index (χ4n) is 1.17. The first-order valence-electron chi connectivity index (χ1n) is 5.13. The molecule has 88 valence electrons. The van der Waals surface area contributed by atoms with E-state index in [2.05, 4.69) is 20.6 Å². The summed E-state index contributed by atoms with van der Waals surface area (Å²) in [7, 11) is 1.76. The molecule has 0 saturated carbocycles. The number of anilines is 1. The van der Waals surface area contributed by atoms with Gasteiger partial charge >= 0.3 is 5.97 Å². The van der Waals surface area contributed by atoms with Crippen molar-refractivity contribution < 1.29 is 9.90 Å². The maximum atomic E-state index is 10.2. The van der Waals surface area contributed by atoms with Crippen molar-refractivity contribution in [1.29, 1.82) is 0 Å².